The summed E-state index contributed by atoms with van der Waals surface area (Å²) in [4.78, 5) is 12.5. The van der Waals surface area contributed by atoms with Crippen molar-refractivity contribution in [3.63, 3.8) is 0 Å². The molecule has 0 aliphatic rings. The highest BCUT2D eigenvalue weighted by molar-refractivity contribution is 6.30. The third-order valence-corrected chi connectivity index (χ3v) is 3.45. The number of carbonyl (C=O) groups is 1. The Morgan fingerprint density at radius 1 is 1.13 bits per heavy atom. The number of halogens is 1. The lowest BCUT2D eigenvalue weighted by Gasteiger charge is -2.18. The van der Waals surface area contributed by atoms with Gasteiger partial charge in [-0.3, -0.25) is 4.79 Å². The van der Waals surface area contributed by atoms with Crippen molar-refractivity contribution in [2.45, 2.75) is 26.4 Å². The van der Waals surface area contributed by atoms with Gasteiger partial charge in [0, 0.05) is 5.02 Å². The van der Waals surface area contributed by atoms with Crippen LogP contribution in [0.25, 0.3) is 0 Å². The van der Waals surface area contributed by atoms with Crippen LogP contribution in [0.4, 0.5) is 5.69 Å². The fourth-order valence-electron chi connectivity index (χ4n) is 2.06. The monoisotopic (exact) mass is 333 g/mol. The number of nitrogens with one attached hydrogen (secondary N) is 1. The van der Waals surface area contributed by atoms with Gasteiger partial charge in [-0.05, 0) is 49.7 Å². The first kappa shape index (κ1) is 17.2. The van der Waals surface area contributed by atoms with Crippen LogP contribution in [0.2, 0.25) is 5.02 Å². The van der Waals surface area contributed by atoms with Crippen LogP contribution in [0.1, 0.15) is 20.3 Å². The third-order valence-electron chi connectivity index (χ3n) is 3.20. The lowest BCUT2D eigenvalue weighted by Crippen LogP contribution is -2.32. The van der Waals surface area contributed by atoms with E-state index in [4.69, 9.17) is 21.1 Å². The normalized spacial score (nSPS) is 11.6. The molecule has 2 aromatic carbocycles. The SMILES string of the molecule is CCOc1ccccc1NC(=O)[C@@H](CC)Oc1ccc(Cl)cc1. The van der Waals surface area contributed by atoms with Crippen LogP contribution in [-0.4, -0.2) is 18.6 Å². The average Bonchev–Trinajstić information content (AvgIpc) is 2.56. The predicted molar refractivity (Wildman–Crippen MR) is 92.4 cm³/mol. The quantitative estimate of drug-likeness (QED) is 0.809. The molecule has 1 atom stereocenters. The van der Waals surface area contributed by atoms with Gasteiger partial charge in [0.25, 0.3) is 5.91 Å². The van der Waals surface area contributed by atoms with Crippen molar-refractivity contribution in [3.8, 4) is 11.5 Å². The van der Waals surface area contributed by atoms with Gasteiger partial charge in [0.1, 0.15) is 11.5 Å². The molecule has 0 aromatic heterocycles. The highest BCUT2D eigenvalue weighted by Crippen LogP contribution is 2.24. The van der Waals surface area contributed by atoms with Crippen molar-refractivity contribution in [3.05, 3.63) is 53.6 Å². The Kier molecular flexibility index (Phi) is 6.29. The van der Waals surface area contributed by atoms with Crippen LogP contribution in [0.3, 0.4) is 0 Å². The van der Waals surface area contributed by atoms with Crippen LogP contribution in [-0.2, 0) is 4.79 Å². The van der Waals surface area contributed by atoms with Crippen molar-refractivity contribution < 1.29 is 14.3 Å². The molecule has 0 fully saturated rings. The molecule has 23 heavy (non-hydrogen) atoms. The van der Waals surface area contributed by atoms with Gasteiger partial charge in [0.2, 0.25) is 0 Å². The van der Waals surface area contributed by atoms with Gasteiger partial charge in [0.05, 0.1) is 12.3 Å². The zero-order chi connectivity index (χ0) is 16.7. The topological polar surface area (TPSA) is 47.6 Å². The van der Waals surface area contributed by atoms with Crippen LogP contribution in [0.5, 0.6) is 11.5 Å². The minimum absolute atomic E-state index is 0.213. The van der Waals surface area contributed by atoms with E-state index < -0.39 is 6.10 Å². The first-order valence-electron chi connectivity index (χ1n) is 7.59. The van der Waals surface area contributed by atoms with Crippen molar-refractivity contribution in [1.82, 2.24) is 0 Å². The summed E-state index contributed by atoms with van der Waals surface area (Å²) in [5.41, 5.74) is 0.637. The second-order valence-corrected chi connectivity index (χ2v) is 5.32. The van der Waals surface area contributed by atoms with Crippen LogP contribution < -0.4 is 14.8 Å². The van der Waals surface area contributed by atoms with Gasteiger partial charge in [0.15, 0.2) is 6.10 Å². The number of ether oxygens (including phenoxy) is 2. The maximum atomic E-state index is 12.5. The third kappa shape index (κ3) is 4.89. The molecular weight excluding hydrogens is 314 g/mol. The largest absolute Gasteiger partial charge is 0.492 e. The van der Waals surface area contributed by atoms with Gasteiger partial charge >= 0.3 is 0 Å². The molecule has 0 saturated heterocycles. The van der Waals surface area contributed by atoms with E-state index in [2.05, 4.69) is 5.32 Å². The summed E-state index contributed by atoms with van der Waals surface area (Å²) >= 11 is 5.85. The molecule has 0 radical (unpaired) electrons. The first-order chi connectivity index (χ1) is 11.1. The molecule has 0 saturated carbocycles. The Balaban J connectivity index is 2.06. The number of amides is 1. The van der Waals surface area contributed by atoms with E-state index in [0.29, 0.717) is 35.2 Å². The fraction of sp³-hybridized carbons (Fsp3) is 0.278. The molecule has 2 rings (SSSR count). The summed E-state index contributed by atoms with van der Waals surface area (Å²) < 4.78 is 11.3. The summed E-state index contributed by atoms with van der Waals surface area (Å²) in [7, 11) is 0. The minimum atomic E-state index is -0.592. The van der Waals surface area contributed by atoms with Crippen molar-refractivity contribution in [2.24, 2.45) is 0 Å². The zero-order valence-corrected chi connectivity index (χ0v) is 14.0. The Hall–Kier alpha value is -2.20. The van der Waals surface area contributed by atoms with Gasteiger partial charge in [-0.15, -0.1) is 0 Å². The molecule has 0 bridgehead atoms. The maximum Gasteiger partial charge on any atom is 0.265 e. The molecular formula is C18H20ClNO3. The molecule has 2 aromatic rings. The van der Waals surface area contributed by atoms with Gasteiger partial charge in [-0.2, -0.15) is 0 Å². The Morgan fingerprint density at radius 3 is 2.48 bits per heavy atom. The zero-order valence-electron chi connectivity index (χ0n) is 13.2. The summed E-state index contributed by atoms with van der Waals surface area (Å²) in [5, 5.41) is 3.49. The molecule has 0 aliphatic heterocycles. The molecule has 0 spiro atoms. The second kappa shape index (κ2) is 8.44. The number of hydrogen-bond acceptors (Lipinski definition) is 3. The molecule has 4 nitrogen and oxygen atoms in total. The maximum absolute atomic E-state index is 12.5. The Morgan fingerprint density at radius 2 is 1.83 bits per heavy atom. The number of rotatable bonds is 7. The summed E-state index contributed by atoms with van der Waals surface area (Å²) in [6, 6.07) is 14.3. The lowest BCUT2D eigenvalue weighted by atomic mass is 10.2. The van der Waals surface area contributed by atoms with Gasteiger partial charge < -0.3 is 14.8 Å². The van der Waals surface area contributed by atoms with Crippen LogP contribution in [0, 0.1) is 0 Å². The van der Waals surface area contributed by atoms with E-state index >= 15 is 0 Å². The smallest absolute Gasteiger partial charge is 0.265 e. The van der Waals surface area contributed by atoms with Gasteiger partial charge in [-0.25, -0.2) is 0 Å². The number of benzene rings is 2. The average molecular weight is 334 g/mol. The van der Waals surface area contributed by atoms with E-state index in [0.717, 1.165) is 0 Å². The minimum Gasteiger partial charge on any atom is -0.492 e. The molecule has 1 N–H and O–H groups in total. The van der Waals surface area contributed by atoms with E-state index in [1.54, 1.807) is 30.3 Å². The van der Waals surface area contributed by atoms with E-state index in [-0.39, 0.29) is 5.91 Å². The number of para-hydroxylation sites is 2. The molecule has 122 valence electrons. The van der Waals surface area contributed by atoms with Crippen molar-refractivity contribution in [2.75, 3.05) is 11.9 Å². The van der Waals surface area contributed by atoms with E-state index in [9.17, 15) is 4.79 Å². The van der Waals surface area contributed by atoms with E-state index in [1.165, 1.54) is 0 Å². The first-order valence-corrected chi connectivity index (χ1v) is 7.96. The lowest BCUT2D eigenvalue weighted by molar-refractivity contribution is -0.122. The van der Waals surface area contributed by atoms with Crippen molar-refractivity contribution in [1.29, 1.82) is 0 Å². The second-order valence-electron chi connectivity index (χ2n) is 4.89. The number of carbonyl (C=O) groups excluding carboxylic acids is 1. The molecule has 5 heteroatoms. The van der Waals surface area contributed by atoms with Crippen LogP contribution in [0.15, 0.2) is 48.5 Å². The van der Waals surface area contributed by atoms with E-state index in [1.807, 2.05) is 32.0 Å². The molecule has 0 heterocycles. The van der Waals surface area contributed by atoms with Crippen molar-refractivity contribution >= 4 is 23.2 Å². The highest BCUT2D eigenvalue weighted by Gasteiger charge is 2.19. The molecule has 0 unspecified atom stereocenters. The number of anilines is 1. The van der Waals surface area contributed by atoms with Crippen LogP contribution >= 0.6 is 11.6 Å². The predicted octanol–water partition coefficient (Wildman–Crippen LogP) is 4.53. The summed E-state index contributed by atoms with van der Waals surface area (Å²) in [5.74, 6) is 1.04. The standard InChI is InChI=1S/C18H20ClNO3/c1-3-16(23-14-11-9-13(19)10-12-14)18(21)20-15-7-5-6-8-17(15)22-4-2/h5-12,16H,3-4H2,1-2H3,(H,20,21)/t16-/m1/s1. The Labute approximate surface area is 141 Å². The number of hydrogen-bond donors (Lipinski definition) is 1. The Bertz CT molecular complexity index is 643. The fourth-order valence-corrected chi connectivity index (χ4v) is 2.19. The highest BCUT2D eigenvalue weighted by atomic mass is 35.5. The molecule has 1 amide bonds. The summed E-state index contributed by atoms with van der Waals surface area (Å²) in [6.07, 6.45) is -0.0449. The van der Waals surface area contributed by atoms with Gasteiger partial charge in [-0.1, -0.05) is 30.7 Å². The summed E-state index contributed by atoms with van der Waals surface area (Å²) in [6.45, 7) is 4.33. The molecule has 0 aliphatic carbocycles.